The Hall–Kier alpha value is -6.77. The number of nitrogens with zero attached hydrogens (tertiary/aromatic N) is 5. The highest BCUT2D eigenvalue weighted by Gasteiger charge is 2.45. The van der Waals surface area contributed by atoms with Crippen molar-refractivity contribution >= 4 is 50.4 Å². The molecule has 1 amide bonds. The lowest BCUT2D eigenvalue weighted by atomic mass is 9.88. The Morgan fingerprint density at radius 1 is 0.711 bits per heavy atom. The van der Waals surface area contributed by atoms with E-state index in [-0.39, 0.29) is 117 Å². The molecule has 4 fully saturated rings. The highest BCUT2D eigenvalue weighted by Crippen LogP contribution is 2.35. The van der Waals surface area contributed by atoms with Crippen LogP contribution in [0.25, 0.3) is 0 Å². The molecule has 4 heterocycles. The number of amides is 1. The Kier molecular flexibility index (Phi) is 28.4. The first-order chi connectivity index (χ1) is 42.3. The third-order valence-electron chi connectivity index (χ3n) is 15.3. The molecule has 26 nitrogen and oxygen atoms in total. The van der Waals surface area contributed by atoms with Crippen molar-refractivity contribution in [3.8, 4) is 29.4 Å². The van der Waals surface area contributed by atoms with Crippen LogP contribution in [-0.2, 0) is 54.9 Å². The summed E-state index contributed by atoms with van der Waals surface area (Å²) in [6.07, 6.45) is -1.74. The predicted octanol–water partition coefficient (Wildman–Crippen LogP) is 7.10. The molecule has 0 bridgehead atoms. The number of halogens is 1. The number of alkyl carbamates (subject to hydrolysis) is 1. The largest absolute Gasteiger partial charge is 0.514 e. The van der Waals surface area contributed by atoms with Crippen LogP contribution in [0.4, 0.5) is 15.3 Å². The molecule has 0 saturated carbocycles. The fourth-order valence-electron chi connectivity index (χ4n) is 10.2. The molecule has 1 unspecified atom stereocenters. The van der Waals surface area contributed by atoms with Crippen molar-refractivity contribution < 1.29 is 84.2 Å². The summed E-state index contributed by atoms with van der Waals surface area (Å²) in [4.78, 5) is 34.1. The first kappa shape index (κ1) is 74.0. The average molecular weight is 1320 g/mol. The highest BCUT2D eigenvalue weighted by atomic mass is 35.5. The van der Waals surface area contributed by atoms with Gasteiger partial charge in [0.2, 0.25) is 20.0 Å². The molecule has 29 heteroatoms. The fraction of sp³-hybridized carbons (Fsp3) is 0.541. The quantitative estimate of drug-likeness (QED) is 0.0200. The lowest BCUT2D eigenvalue weighted by Gasteiger charge is -2.34. The number of carbonyl (C=O) groups is 2. The number of carbonyl (C=O) groups excluding carboxylic acids is 2. The summed E-state index contributed by atoms with van der Waals surface area (Å²) in [5, 5.41) is 52.4. The number of benzene rings is 4. The van der Waals surface area contributed by atoms with Gasteiger partial charge in [0, 0.05) is 63.7 Å². The van der Waals surface area contributed by atoms with Crippen molar-refractivity contribution in [1.82, 2.24) is 13.9 Å². The second-order valence-electron chi connectivity index (χ2n) is 23.3. The number of nitrogens with one attached hydrogen (secondary N) is 1. The Morgan fingerprint density at radius 3 is 1.62 bits per heavy atom. The summed E-state index contributed by atoms with van der Waals surface area (Å²) in [7, 11) is -4.89. The molecule has 0 aliphatic carbocycles. The molecule has 4 aliphatic rings. The van der Waals surface area contributed by atoms with E-state index in [1.54, 1.807) is 24.3 Å². The van der Waals surface area contributed by atoms with Gasteiger partial charge in [-0.2, -0.15) is 19.1 Å². The smallest absolute Gasteiger partial charge is 0.497 e. The summed E-state index contributed by atoms with van der Waals surface area (Å²) >= 11 is 0. The standard InChI is InChI=1S/C24H35N3O8S.C24H33N3O4S.C13H13NO7.ClH/c1-24(2,10-4-11-25)16-27(36(30,31)19-7-5-18(32-3)6-8-19)14-17(28)13-26-23(29)35-21-15-34-22-20(21)9-12-33-22;1-24(2,14-7-15-25)18-27(32(29,30)21-12-10-20(31-3)11-13-21)17-23(28)22(26)16-19-8-5-4-6-9-19;15-13(20-9-3-1-8(2-4-9)14(16)17)21-11-7-19-12-10(11)5-6-18-12;/h5-8,17,20-22,28H,4,9-10,12-16H2,1-3H3,(H,26,29);4-6,8-13,22-23,28H,7,14,16-18,26H2,1-3H3;1-4,10-12H,5-7H2;1H/t17-,20-,21+,22+;22?,23-;10-,11+,12+;/m010./s1. The molecule has 0 spiro atoms. The van der Waals surface area contributed by atoms with Crippen LogP contribution < -0.4 is 25.3 Å². The van der Waals surface area contributed by atoms with Gasteiger partial charge in [0.25, 0.3) is 5.69 Å². The first-order valence-corrected chi connectivity index (χ1v) is 31.9. The summed E-state index contributed by atoms with van der Waals surface area (Å²) in [6.45, 7) is 8.87. The molecular weight excluding hydrogens is 1230 g/mol. The number of rotatable bonds is 27. The van der Waals surface area contributed by atoms with Gasteiger partial charge in [-0.05, 0) is 109 Å². The Balaban J connectivity index is 0.000000252. The van der Waals surface area contributed by atoms with E-state index in [1.807, 2.05) is 58.0 Å². The Labute approximate surface area is 532 Å². The molecule has 9 atom stereocenters. The number of non-ortho nitro benzene ring substituents is 1. The van der Waals surface area contributed by atoms with E-state index >= 15 is 0 Å². The van der Waals surface area contributed by atoms with Crippen LogP contribution in [0.5, 0.6) is 17.2 Å². The molecule has 494 valence electrons. The van der Waals surface area contributed by atoms with E-state index in [0.717, 1.165) is 18.4 Å². The number of ether oxygens (including phenoxy) is 9. The van der Waals surface area contributed by atoms with Crippen LogP contribution in [0, 0.1) is 55.4 Å². The van der Waals surface area contributed by atoms with E-state index < -0.39 is 72.4 Å². The number of nitro groups is 1. The van der Waals surface area contributed by atoms with Crippen molar-refractivity contribution in [1.29, 1.82) is 10.5 Å². The maximum atomic E-state index is 13.5. The molecule has 4 saturated heterocycles. The zero-order valence-electron chi connectivity index (χ0n) is 51.2. The third-order valence-corrected chi connectivity index (χ3v) is 18.9. The highest BCUT2D eigenvalue weighted by molar-refractivity contribution is 7.89. The van der Waals surface area contributed by atoms with Gasteiger partial charge in [0.15, 0.2) is 12.6 Å². The third kappa shape index (κ3) is 22.0. The Morgan fingerprint density at radius 2 is 1.17 bits per heavy atom. The summed E-state index contributed by atoms with van der Waals surface area (Å²) < 4.78 is 104. The van der Waals surface area contributed by atoms with Crippen molar-refractivity contribution in [2.24, 2.45) is 28.4 Å². The molecule has 5 N–H and O–H groups in total. The van der Waals surface area contributed by atoms with Gasteiger partial charge in [-0.1, -0.05) is 58.0 Å². The lowest BCUT2D eigenvalue weighted by Crippen LogP contribution is -2.48. The van der Waals surface area contributed by atoms with E-state index in [4.69, 9.17) is 58.9 Å². The molecule has 90 heavy (non-hydrogen) atoms. The van der Waals surface area contributed by atoms with Gasteiger partial charge >= 0.3 is 12.2 Å². The van der Waals surface area contributed by atoms with Crippen LogP contribution in [0.15, 0.2) is 113 Å². The second-order valence-corrected chi connectivity index (χ2v) is 27.2. The number of hydrogen-bond donors (Lipinski definition) is 4. The van der Waals surface area contributed by atoms with Crippen LogP contribution in [0.3, 0.4) is 0 Å². The van der Waals surface area contributed by atoms with E-state index in [0.29, 0.717) is 50.4 Å². The van der Waals surface area contributed by atoms with Crippen molar-refractivity contribution in [2.45, 2.75) is 125 Å². The normalized spacial score (nSPS) is 20.4. The van der Waals surface area contributed by atoms with Crippen molar-refractivity contribution in [3.05, 3.63) is 119 Å². The minimum Gasteiger partial charge on any atom is -0.497 e. The SMILES string of the molecule is COc1ccc(S(=O)(=O)N(C[C@@H](O)C(N)Cc2ccccc2)CC(C)(C)CCC#N)cc1.COc1ccc(S(=O)(=O)N(C[C@@H](O)CNC(=O)O[C@@H]2CO[C@H]3OCC[C@H]32)CC(C)(C)CCC#N)cc1.Cl.O=C(Oc1ccc([N+](=O)[O-])cc1)O[C@@H]1CO[C@H]2OCC[C@H]21. The molecule has 0 radical (unpaired) electrons. The molecule has 8 rings (SSSR count). The molecule has 4 aromatic carbocycles. The van der Waals surface area contributed by atoms with Crippen LogP contribution in [0.2, 0.25) is 0 Å². The number of nitriles is 2. The number of nitrogens with two attached hydrogens (primary N) is 1. The summed E-state index contributed by atoms with van der Waals surface area (Å²) in [6, 6.07) is 30.4. The Bertz CT molecular complexity index is 3230. The maximum Gasteiger partial charge on any atom is 0.514 e. The number of aliphatic hydroxyl groups is 2. The number of aliphatic hydroxyl groups excluding tert-OH is 2. The van der Waals surface area contributed by atoms with Gasteiger partial charge in [-0.15, -0.1) is 12.4 Å². The second kappa shape index (κ2) is 34.6. The van der Waals surface area contributed by atoms with Crippen LogP contribution in [0.1, 0.15) is 71.8 Å². The molecular formula is C61H82ClN7O19S2. The monoisotopic (exact) mass is 1320 g/mol. The zero-order chi connectivity index (χ0) is 64.9. The molecule has 4 aromatic rings. The topological polar surface area (TPSA) is 361 Å². The minimum atomic E-state index is -3.99. The van der Waals surface area contributed by atoms with Gasteiger partial charge in [-0.3, -0.25) is 10.1 Å². The number of sulfonamides is 2. The first-order valence-electron chi connectivity index (χ1n) is 29.0. The molecule has 0 aromatic heterocycles. The zero-order valence-corrected chi connectivity index (χ0v) is 53.6. The number of nitro benzene ring substituents is 1. The van der Waals surface area contributed by atoms with E-state index in [1.165, 1.54) is 71.4 Å². The van der Waals surface area contributed by atoms with E-state index in [2.05, 4.69) is 17.5 Å². The minimum absolute atomic E-state index is 0. The van der Waals surface area contributed by atoms with Gasteiger partial charge in [-0.25, -0.2) is 26.4 Å². The average Bonchev–Trinajstić information content (AvgIpc) is 1.75. The maximum absolute atomic E-state index is 13.5. The lowest BCUT2D eigenvalue weighted by molar-refractivity contribution is -0.384. The van der Waals surface area contributed by atoms with Crippen molar-refractivity contribution in [3.63, 3.8) is 0 Å². The van der Waals surface area contributed by atoms with Crippen molar-refractivity contribution in [2.75, 3.05) is 73.4 Å². The van der Waals surface area contributed by atoms with E-state index in [9.17, 15) is 46.8 Å². The van der Waals surface area contributed by atoms with Crippen LogP contribution >= 0.6 is 12.4 Å². The summed E-state index contributed by atoms with van der Waals surface area (Å²) in [5.41, 5.74) is 6.14. The number of fused-ring (bicyclic) bond motifs is 2. The fourth-order valence-corrected chi connectivity index (χ4v) is 13.5. The predicted molar refractivity (Wildman–Crippen MR) is 328 cm³/mol. The number of hydrogen-bond acceptors (Lipinski definition) is 22. The molecule has 4 aliphatic heterocycles. The van der Waals surface area contributed by atoms with Gasteiger partial charge in [0.1, 0.15) is 29.5 Å². The number of methoxy groups -OCH3 is 2. The van der Waals surface area contributed by atoms with Gasteiger partial charge in [0.05, 0.1) is 91.5 Å². The van der Waals surface area contributed by atoms with Gasteiger partial charge < -0.3 is 63.9 Å². The van der Waals surface area contributed by atoms with Crippen LogP contribution in [-0.4, -0.2) is 169 Å². The summed E-state index contributed by atoms with van der Waals surface area (Å²) in [5.74, 6) is 1.27.